The molecule has 0 aliphatic heterocycles. The van der Waals surface area contributed by atoms with Gasteiger partial charge in [0, 0.05) is 0 Å². The van der Waals surface area contributed by atoms with E-state index in [0.29, 0.717) is 0 Å². The second kappa shape index (κ2) is 3.69. The topological polar surface area (TPSA) is 64.4 Å². The summed E-state index contributed by atoms with van der Waals surface area (Å²) in [5.41, 5.74) is 7.16. The predicted molar refractivity (Wildman–Crippen MR) is 42.6 cm³/mol. The van der Waals surface area contributed by atoms with Crippen LogP contribution in [0, 0.1) is 0 Å². The first-order valence-electron chi connectivity index (χ1n) is 3.56. The summed E-state index contributed by atoms with van der Waals surface area (Å²) in [6, 6.07) is -0.530. The number of nitrogens with one attached hydrogen (secondary N) is 1. The average Bonchev–Trinajstić information content (AvgIpc) is 1.80. The van der Waals surface area contributed by atoms with Crippen LogP contribution in [0.1, 0.15) is 27.7 Å². The van der Waals surface area contributed by atoms with Crippen LogP contribution in [0.15, 0.2) is 0 Å². The normalized spacial score (nSPS) is 14.3. The van der Waals surface area contributed by atoms with E-state index in [9.17, 15) is 4.79 Å². The van der Waals surface area contributed by atoms with E-state index in [4.69, 9.17) is 10.6 Å². The summed E-state index contributed by atoms with van der Waals surface area (Å²) in [7, 11) is 0. The average molecular weight is 160 g/mol. The Hall–Kier alpha value is -0.610. The summed E-state index contributed by atoms with van der Waals surface area (Å²) in [5, 5.41) is 0. The van der Waals surface area contributed by atoms with Crippen LogP contribution in [-0.2, 0) is 9.63 Å². The maximum Gasteiger partial charge on any atom is 0.260 e. The van der Waals surface area contributed by atoms with E-state index in [1.165, 1.54) is 0 Å². The first-order chi connectivity index (χ1) is 4.83. The van der Waals surface area contributed by atoms with Gasteiger partial charge in [0.1, 0.15) is 0 Å². The number of hydrogen-bond donors (Lipinski definition) is 2. The van der Waals surface area contributed by atoms with E-state index in [-0.39, 0.29) is 11.5 Å². The van der Waals surface area contributed by atoms with Crippen molar-refractivity contribution in [1.29, 1.82) is 0 Å². The number of hydroxylamine groups is 1. The molecule has 0 aliphatic carbocycles. The summed E-state index contributed by atoms with van der Waals surface area (Å²) < 4.78 is 0. The van der Waals surface area contributed by atoms with Crippen molar-refractivity contribution in [3.05, 3.63) is 0 Å². The first kappa shape index (κ1) is 10.4. The number of carbonyl (C=O) groups is 1. The predicted octanol–water partition coefficient (Wildman–Crippen LogP) is 0.180. The van der Waals surface area contributed by atoms with E-state index in [2.05, 4.69) is 5.48 Å². The highest BCUT2D eigenvalue weighted by Crippen LogP contribution is 2.03. The highest BCUT2D eigenvalue weighted by molar-refractivity contribution is 5.79. The Balaban J connectivity index is 3.64. The molecule has 4 nitrogen and oxygen atoms in total. The molecule has 0 fully saturated rings. The molecule has 1 amide bonds. The maximum atomic E-state index is 10.8. The molecule has 0 aliphatic rings. The third-order valence-electron chi connectivity index (χ3n) is 0.871. The second-order valence-corrected chi connectivity index (χ2v) is 3.47. The third-order valence-corrected chi connectivity index (χ3v) is 0.871. The molecule has 0 aromatic heterocycles. The second-order valence-electron chi connectivity index (χ2n) is 3.47. The highest BCUT2D eigenvalue weighted by atomic mass is 16.7. The van der Waals surface area contributed by atoms with Crippen LogP contribution in [0.2, 0.25) is 0 Å². The smallest absolute Gasteiger partial charge is 0.260 e. The monoisotopic (exact) mass is 160 g/mol. The maximum absolute atomic E-state index is 10.8. The van der Waals surface area contributed by atoms with Crippen molar-refractivity contribution in [2.24, 2.45) is 5.73 Å². The lowest BCUT2D eigenvalue weighted by Crippen LogP contribution is -2.42. The van der Waals surface area contributed by atoms with Gasteiger partial charge in [-0.3, -0.25) is 9.63 Å². The Kier molecular flexibility index (Phi) is 3.48. The summed E-state index contributed by atoms with van der Waals surface area (Å²) in [6.45, 7) is 7.12. The Morgan fingerprint density at radius 3 is 2.27 bits per heavy atom. The van der Waals surface area contributed by atoms with E-state index >= 15 is 0 Å². The molecule has 11 heavy (non-hydrogen) atoms. The molecule has 0 heterocycles. The number of nitrogens with two attached hydrogens (primary N) is 1. The number of hydrogen-bond acceptors (Lipinski definition) is 3. The Labute approximate surface area is 67.0 Å². The van der Waals surface area contributed by atoms with Gasteiger partial charge in [-0.15, -0.1) is 0 Å². The van der Waals surface area contributed by atoms with Crippen molar-refractivity contribution in [1.82, 2.24) is 5.48 Å². The van der Waals surface area contributed by atoms with Crippen LogP contribution in [-0.4, -0.2) is 17.6 Å². The molecule has 0 aromatic rings. The van der Waals surface area contributed by atoms with Crippen LogP contribution >= 0.6 is 0 Å². The Morgan fingerprint density at radius 1 is 1.55 bits per heavy atom. The molecule has 1 atom stereocenters. The van der Waals surface area contributed by atoms with Gasteiger partial charge in [0.05, 0.1) is 11.6 Å². The van der Waals surface area contributed by atoms with E-state index in [0.717, 1.165) is 0 Å². The molecule has 0 bridgehead atoms. The van der Waals surface area contributed by atoms with Crippen molar-refractivity contribution in [2.75, 3.05) is 0 Å². The first-order valence-corrected chi connectivity index (χ1v) is 3.56. The standard InChI is InChI=1S/C7H16N2O2/c1-5(8)6(10)9-11-7(2,3)4/h5H,8H2,1-4H3,(H,9,10)/t5-/m0/s1. The van der Waals surface area contributed by atoms with Crippen molar-refractivity contribution >= 4 is 5.91 Å². The Bertz CT molecular complexity index is 138. The number of carbonyl (C=O) groups excluding carboxylic acids is 1. The van der Waals surface area contributed by atoms with Crippen LogP contribution in [0.4, 0.5) is 0 Å². The van der Waals surface area contributed by atoms with Crippen molar-refractivity contribution < 1.29 is 9.63 Å². The largest absolute Gasteiger partial charge is 0.320 e. The lowest BCUT2D eigenvalue weighted by molar-refractivity contribution is -0.146. The van der Waals surface area contributed by atoms with Gasteiger partial charge in [-0.2, -0.15) is 0 Å². The zero-order valence-electron chi connectivity index (χ0n) is 7.47. The molecular formula is C7H16N2O2. The van der Waals surface area contributed by atoms with Gasteiger partial charge in [-0.1, -0.05) is 0 Å². The fourth-order valence-corrected chi connectivity index (χ4v) is 0.296. The molecular weight excluding hydrogens is 144 g/mol. The van der Waals surface area contributed by atoms with Gasteiger partial charge in [0.25, 0.3) is 5.91 Å². The molecule has 0 radical (unpaired) electrons. The molecule has 0 rings (SSSR count). The van der Waals surface area contributed by atoms with Gasteiger partial charge in [0.2, 0.25) is 0 Å². The van der Waals surface area contributed by atoms with Crippen molar-refractivity contribution in [3.63, 3.8) is 0 Å². The van der Waals surface area contributed by atoms with Crippen molar-refractivity contribution in [3.8, 4) is 0 Å². The van der Waals surface area contributed by atoms with Gasteiger partial charge in [-0.05, 0) is 27.7 Å². The summed E-state index contributed by atoms with van der Waals surface area (Å²) >= 11 is 0. The number of amides is 1. The molecule has 0 unspecified atom stereocenters. The lowest BCUT2D eigenvalue weighted by atomic mass is 10.2. The molecule has 3 N–H and O–H groups in total. The summed E-state index contributed by atoms with van der Waals surface area (Å²) in [6.07, 6.45) is 0. The molecule has 0 aromatic carbocycles. The minimum Gasteiger partial charge on any atom is -0.320 e. The quantitative estimate of drug-likeness (QED) is 0.566. The molecule has 0 saturated heterocycles. The fraction of sp³-hybridized carbons (Fsp3) is 0.857. The minimum absolute atomic E-state index is 0.306. The van der Waals surface area contributed by atoms with Crippen LogP contribution < -0.4 is 11.2 Å². The van der Waals surface area contributed by atoms with Crippen LogP contribution in [0.25, 0.3) is 0 Å². The number of rotatable bonds is 2. The SMILES string of the molecule is C[C@H](N)C(=O)NOC(C)(C)C. The lowest BCUT2D eigenvalue weighted by Gasteiger charge is -2.19. The van der Waals surface area contributed by atoms with Crippen LogP contribution in [0.3, 0.4) is 0 Å². The van der Waals surface area contributed by atoms with Gasteiger partial charge < -0.3 is 5.73 Å². The summed E-state index contributed by atoms with van der Waals surface area (Å²) in [5.74, 6) is -0.306. The van der Waals surface area contributed by atoms with Gasteiger partial charge in [-0.25, -0.2) is 5.48 Å². The highest BCUT2D eigenvalue weighted by Gasteiger charge is 2.14. The summed E-state index contributed by atoms with van der Waals surface area (Å²) in [4.78, 5) is 15.8. The van der Waals surface area contributed by atoms with Crippen LogP contribution in [0.5, 0.6) is 0 Å². The van der Waals surface area contributed by atoms with E-state index in [1.807, 2.05) is 20.8 Å². The zero-order valence-corrected chi connectivity index (χ0v) is 7.47. The van der Waals surface area contributed by atoms with Crippen molar-refractivity contribution in [2.45, 2.75) is 39.3 Å². The molecule has 0 saturated carbocycles. The van der Waals surface area contributed by atoms with E-state index in [1.54, 1.807) is 6.92 Å². The van der Waals surface area contributed by atoms with Gasteiger partial charge in [0.15, 0.2) is 0 Å². The Morgan fingerprint density at radius 2 is 2.00 bits per heavy atom. The molecule has 0 spiro atoms. The molecule has 4 heteroatoms. The fourth-order valence-electron chi connectivity index (χ4n) is 0.296. The minimum atomic E-state index is -0.530. The zero-order chi connectivity index (χ0) is 9.07. The van der Waals surface area contributed by atoms with Gasteiger partial charge >= 0.3 is 0 Å². The van der Waals surface area contributed by atoms with E-state index < -0.39 is 6.04 Å². The third kappa shape index (κ3) is 5.82. The molecule has 66 valence electrons.